The smallest absolute Gasteiger partial charge is 0.337 e. The predicted molar refractivity (Wildman–Crippen MR) is 73.7 cm³/mol. The average molecular weight is 323 g/mol. The number of rotatable bonds is 8. The molecule has 0 fully saturated rings. The van der Waals surface area contributed by atoms with Gasteiger partial charge in [0.2, 0.25) is 9.05 Å². The highest BCUT2D eigenvalue weighted by Gasteiger charge is 2.05. The summed E-state index contributed by atoms with van der Waals surface area (Å²) in [7, 11) is 2.81. The Hall–Kier alpha value is -1.31. The molecule has 0 aliphatic rings. The van der Waals surface area contributed by atoms with Crippen molar-refractivity contribution < 1.29 is 27.4 Å². The summed E-state index contributed by atoms with van der Waals surface area (Å²) in [5, 5.41) is 0. The molecule has 0 aliphatic heterocycles. The summed E-state index contributed by atoms with van der Waals surface area (Å²) in [5.41, 5.74) is 0.434. The van der Waals surface area contributed by atoms with Gasteiger partial charge in [-0.1, -0.05) is 0 Å². The van der Waals surface area contributed by atoms with E-state index in [1.165, 1.54) is 7.11 Å². The van der Waals surface area contributed by atoms with Gasteiger partial charge in [-0.2, -0.15) is 0 Å². The Labute approximate surface area is 122 Å². The van der Waals surface area contributed by atoms with Crippen LogP contribution >= 0.6 is 10.7 Å². The zero-order chi connectivity index (χ0) is 15.0. The third kappa shape index (κ3) is 6.74. The zero-order valence-electron chi connectivity index (χ0n) is 10.9. The second-order valence-electron chi connectivity index (χ2n) is 3.72. The van der Waals surface area contributed by atoms with Gasteiger partial charge in [-0.3, -0.25) is 0 Å². The van der Waals surface area contributed by atoms with Crippen molar-refractivity contribution in [2.24, 2.45) is 0 Å². The molecule has 1 aromatic carbocycles. The molecule has 1 rings (SSSR count). The number of ether oxygens (including phenoxy) is 3. The minimum absolute atomic E-state index is 0.0243. The predicted octanol–water partition coefficient (Wildman–Crippen LogP) is 1.44. The molecule has 0 atom stereocenters. The largest absolute Gasteiger partial charge is 0.491 e. The van der Waals surface area contributed by atoms with Crippen molar-refractivity contribution in [2.75, 3.05) is 32.7 Å². The molecule has 0 radical (unpaired) electrons. The highest BCUT2D eigenvalue weighted by atomic mass is 35.7. The molecule has 0 aromatic heterocycles. The Balaban J connectivity index is 2.24. The number of hydrogen-bond acceptors (Lipinski definition) is 6. The van der Waals surface area contributed by atoms with Gasteiger partial charge >= 0.3 is 5.97 Å². The number of benzene rings is 1. The van der Waals surface area contributed by atoms with E-state index in [0.29, 0.717) is 11.3 Å². The van der Waals surface area contributed by atoms with E-state index in [0.717, 1.165) is 0 Å². The normalized spacial score (nSPS) is 11.1. The number of carbonyl (C=O) groups is 1. The van der Waals surface area contributed by atoms with E-state index in [2.05, 4.69) is 4.74 Å². The molecule has 6 nitrogen and oxygen atoms in total. The standard InChI is InChI=1S/C12H15ClO6S/c1-17-12(14)10-2-4-11(5-3-10)19-7-6-18-8-9-20(13,15)16/h2-5H,6-9H2,1H3. The Morgan fingerprint density at radius 3 is 2.35 bits per heavy atom. The molecular formula is C12H15ClO6S. The van der Waals surface area contributed by atoms with Gasteiger partial charge in [0.25, 0.3) is 0 Å². The van der Waals surface area contributed by atoms with Crippen molar-refractivity contribution in [1.29, 1.82) is 0 Å². The van der Waals surface area contributed by atoms with E-state index in [1.54, 1.807) is 24.3 Å². The van der Waals surface area contributed by atoms with E-state index in [4.69, 9.17) is 20.2 Å². The Kier molecular flexibility index (Phi) is 6.77. The second-order valence-corrected chi connectivity index (χ2v) is 6.62. The van der Waals surface area contributed by atoms with Crippen LogP contribution in [0.25, 0.3) is 0 Å². The zero-order valence-corrected chi connectivity index (χ0v) is 12.4. The van der Waals surface area contributed by atoms with Crippen LogP contribution in [0.3, 0.4) is 0 Å². The fourth-order valence-electron chi connectivity index (χ4n) is 1.28. The summed E-state index contributed by atoms with van der Waals surface area (Å²) in [4.78, 5) is 11.2. The van der Waals surface area contributed by atoms with Gasteiger partial charge in [0.15, 0.2) is 0 Å². The third-order valence-corrected chi connectivity index (χ3v) is 3.36. The first-order valence-electron chi connectivity index (χ1n) is 5.73. The van der Waals surface area contributed by atoms with Gasteiger partial charge in [-0.15, -0.1) is 0 Å². The Bertz CT molecular complexity index is 525. The van der Waals surface area contributed by atoms with Gasteiger partial charge in [0.1, 0.15) is 12.4 Å². The van der Waals surface area contributed by atoms with Gasteiger partial charge in [-0.25, -0.2) is 13.2 Å². The van der Waals surface area contributed by atoms with Gasteiger partial charge in [0, 0.05) is 10.7 Å². The minimum atomic E-state index is -3.52. The summed E-state index contributed by atoms with van der Waals surface area (Å²) in [5.74, 6) is -0.0732. The monoisotopic (exact) mass is 322 g/mol. The number of esters is 1. The number of halogens is 1. The summed E-state index contributed by atoms with van der Waals surface area (Å²) in [6, 6.07) is 6.44. The number of methoxy groups -OCH3 is 1. The fourth-order valence-corrected chi connectivity index (χ4v) is 1.79. The molecule has 0 heterocycles. The summed E-state index contributed by atoms with van der Waals surface area (Å²) >= 11 is 0. The maximum Gasteiger partial charge on any atom is 0.337 e. The molecule has 0 amide bonds. The van der Waals surface area contributed by atoms with Crippen LogP contribution in [-0.2, 0) is 18.5 Å². The summed E-state index contributed by atoms with van der Waals surface area (Å²) < 4.78 is 36.2. The first-order valence-corrected chi connectivity index (χ1v) is 8.21. The van der Waals surface area contributed by atoms with Gasteiger partial charge < -0.3 is 14.2 Å². The van der Waals surface area contributed by atoms with Crippen LogP contribution in [0.15, 0.2) is 24.3 Å². The molecule has 0 bridgehead atoms. The van der Waals surface area contributed by atoms with Gasteiger partial charge in [-0.05, 0) is 24.3 Å². The topological polar surface area (TPSA) is 78.9 Å². The molecule has 0 aliphatic carbocycles. The molecule has 0 spiro atoms. The lowest BCUT2D eigenvalue weighted by Gasteiger charge is -2.07. The maximum absolute atomic E-state index is 11.2. The van der Waals surface area contributed by atoms with E-state index in [9.17, 15) is 13.2 Å². The third-order valence-electron chi connectivity index (χ3n) is 2.24. The lowest BCUT2D eigenvalue weighted by atomic mass is 10.2. The summed E-state index contributed by atoms with van der Waals surface area (Å²) in [6.07, 6.45) is 0. The average Bonchev–Trinajstić information content (AvgIpc) is 2.41. The first kappa shape index (κ1) is 16.7. The lowest BCUT2D eigenvalue weighted by molar-refractivity contribution is 0.0600. The van der Waals surface area contributed by atoms with Crippen molar-refractivity contribution >= 4 is 25.7 Å². The van der Waals surface area contributed by atoms with Crippen LogP contribution in [0.4, 0.5) is 0 Å². The van der Waals surface area contributed by atoms with Crippen LogP contribution in [0.2, 0.25) is 0 Å². The molecule has 0 unspecified atom stereocenters. The second kappa shape index (κ2) is 8.08. The quantitative estimate of drug-likeness (QED) is 0.409. The van der Waals surface area contributed by atoms with Gasteiger partial charge in [0.05, 0.1) is 31.6 Å². The van der Waals surface area contributed by atoms with E-state index in [1.807, 2.05) is 0 Å². The SMILES string of the molecule is COC(=O)c1ccc(OCCOCCS(=O)(=O)Cl)cc1. The fraction of sp³-hybridized carbons (Fsp3) is 0.417. The van der Waals surface area contributed by atoms with Crippen LogP contribution < -0.4 is 4.74 Å². The molecule has 0 saturated carbocycles. The van der Waals surface area contributed by atoms with Crippen molar-refractivity contribution in [3.63, 3.8) is 0 Å². The highest BCUT2D eigenvalue weighted by molar-refractivity contribution is 8.13. The van der Waals surface area contributed by atoms with Crippen LogP contribution in [-0.4, -0.2) is 47.1 Å². The maximum atomic E-state index is 11.2. The molecule has 0 saturated heterocycles. The number of carbonyl (C=O) groups excluding carboxylic acids is 1. The van der Waals surface area contributed by atoms with Crippen LogP contribution in [0.5, 0.6) is 5.75 Å². The molecular weight excluding hydrogens is 308 g/mol. The van der Waals surface area contributed by atoms with Crippen molar-refractivity contribution in [1.82, 2.24) is 0 Å². The van der Waals surface area contributed by atoms with Crippen LogP contribution in [0, 0.1) is 0 Å². The van der Waals surface area contributed by atoms with Crippen LogP contribution in [0.1, 0.15) is 10.4 Å². The first-order chi connectivity index (χ1) is 9.42. The minimum Gasteiger partial charge on any atom is -0.491 e. The van der Waals surface area contributed by atoms with E-state index >= 15 is 0 Å². The molecule has 8 heteroatoms. The Morgan fingerprint density at radius 2 is 1.80 bits per heavy atom. The van der Waals surface area contributed by atoms with E-state index < -0.39 is 15.0 Å². The molecule has 0 N–H and O–H groups in total. The lowest BCUT2D eigenvalue weighted by Crippen LogP contribution is -2.12. The van der Waals surface area contributed by atoms with E-state index in [-0.39, 0.29) is 25.6 Å². The summed E-state index contributed by atoms with van der Waals surface area (Å²) in [6.45, 7) is 0.529. The van der Waals surface area contributed by atoms with Crippen molar-refractivity contribution in [3.8, 4) is 5.75 Å². The molecule has 112 valence electrons. The highest BCUT2D eigenvalue weighted by Crippen LogP contribution is 2.12. The van der Waals surface area contributed by atoms with Crippen molar-refractivity contribution in [2.45, 2.75) is 0 Å². The molecule has 1 aromatic rings. The number of hydrogen-bond donors (Lipinski definition) is 0. The van der Waals surface area contributed by atoms with Crippen molar-refractivity contribution in [3.05, 3.63) is 29.8 Å². The Morgan fingerprint density at radius 1 is 1.15 bits per heavy atom. The molecule has 20 heavy (non-hydrogen) atoms.